The van der Waals surface area contributed by atoms with Crippen molar-refractivity contribution in [3.05, 3.63) is 59.7 Å². The molecule has 0 aliphatic carbocycles. The summed E-state index contributed by atoms with van der Waals surface area (Å²) in [6, 6.07) is 13.5. The molecule has 0 unspecified atom stereocenters. The van der Waals surface area contributed by atoms with Gasteiger partial charge in [0.2, 0.25) is 0 Å². The minimum Gasteiger partial charge on any atom is -0.457 e. The van der Waals surface area contributed by atoms with E-state index in [1.807, 2.05) is 24.3 Å². The molecule has 25 heavy (non-hydrogen) atoms. The minimum atomic E-state index is -0.578. The van der Waals surface area contributed by atoms with Crippen molar-refractivity contribution in [2.45, 2.75) is 12.5 Å². The molecule has 7 heteroatoms. The molecule has 7 nitrogen and oxygen atoms in total. The molecule has 5 N–H and O–H groups in total. The smallest absolute Gasteiger partial charge is 0.280 e. The topological polar surface area (TPSA) is 107 Å². The zero-order valence-corrected chi connectivity index (χ0v) is 14.2. The quantitative estimate of drug-likeness (QED) is 0.533. The maximum atomic E-state index is 11.8. The third-order valence-electron chi connectivity index (χ3n) is 3.65. The first-order valence-corrected chi connectivity index (χ1v) is 7.76. The van der Waals surface area contributed by atoms with E-state index < -0.39 is 5.91 Å². The van der Waals surface area contributed by atoms with Gasteiger partial charge in [0, 0.05) is 26.1 Å². The van der Waals surface area contributed by atoms with Gasteiger partial charge in [-0.1, -0.05) is 12.1 Å². The highest BCUT2D eigenvalue weighted by Gasteiger charge is 2.19. The zero-order valence-electron chi connectivity index (χ0n) is 14.2. The predicted octanol–water partition coefficient (Wildman–Crippen LogP) is 0.839. The van der Waals surface area contributed by atoms with Crippen LogP contribution in [-0.4, -0.2) is 42.1 Å². The summed E-state index contributed by atoms with van der Waals surface area (Å²) in [7, 11) is 3.43. The van der Waals surface area contributed by atoms with Gasteiger partial charge in [-0.2, -0.15) is 0 Å². The van der Waals surface area contributed by atoms with Crippen molar-refractivity contribution in [2.24, 2.45) is 0 Å². The summed E-state index contributed by atoms with van der Waals surface area (Å²) in [6.07, 6.45) is 0.558. The Morgan fingerprint density at radius 1 is 1.08 bits per heavy atom. The molecule has 0 saturated heterocycles. The van der Waals surface area contributed by atoms with E-state index in [4.69, 9.17) is 9.94 Å². The molecular formula is C18H22N3O4+. The van der Waals surface area contributed by atoms with Crippen LogP contribution in [0.15, 0.2) is 48.5 Å². The van der Waals surface area contributed by atoms with E-state index in [0.29, 0.717) is 23.5 Å². The third kappa shape index (κ3) is 5.03. The van der Waals surface area contributed by atoms with Gasteiger partial charge in [-0.25, -0.2) is 5.48 Å². The first-order valence-electron chi connectivity index (χ1n) is 7.76. The van der Waals surface area contributed by atoms with Crippen molar-refractivity contribution < 1.29 is 25.3 Å². The van der Waals surface area contributed by atoms with Crippen molar-refractivity contribution in [3.8, 4) is 11.5 Å². The lowest BCUT2D eigenvalue weighted by atomic mass is 10.1. The van der Waals surface area contributed by atoms with E-state index in [-0.39, 0.29) is 11.9 Å². The monoisotopic (exact) mass is 344 g/mol. The summed E-state index contributed by atoms with van der Waals surface area (Å²) in [5.74, 6) is 0.626. The molecule has 2 rings (SSSR count). The second-order valence-electron chi connectivity index (χ2n) is 5.85. The van der Waals surface area contributed by atoms with E-state index in [1.54, 1.807) is 43.8 Å². The van der Waals surface area contributed by atoms with E-state index in [2.05, 4.69) is 5.73 Å². The Hall–Kier alpha value is -2.90. The SMILES string of the molecule is CN(C)C(=O)[C@@H]([NH3+])Cc1ccc(Oc2ccc(C(=O)NO)cc2)cc1. The Morgan fingerprint density at radius 3 is 2.08 bits per heavy atom. The third-order valence-corrected chi connectivity index (χ3v) is 3.65. The average Bonchev–Trinajstić information content (AvgIpc) is 2.62. The molecular weight excluding hydrogens is 322 g/mol. The number of hydrogen-bond acceptors (Lipinski definition) is 4. The first kappa shape index (κ1) is 18.4. The summed E-state index contributed by atoms with van der Waals surface area (Å²) in [5, 5.41) is 8.59. The summed E-state index contributed by atoms with van der Waals surface area (Å²) < 4.78 is 5.71. The lowest BCUT2D eigenvalue weighted by molar-refractivity contribution is -0.404. The molecule has 0 spiro atoms. The Labute approximate surface area is 146 Å². The van der Waals surface area contributed by atoms with Crippen molar-refractivity contribution in [2.75, 3.05) is 14.1 Å². The van der Waals surface area contributed by atoms with Crippen molar-refractivity contribution in [3.63, 3.8) is 0 Å². The lowest BCUT2D eigenvalue weighted by Crippen LogP contribution is -2.68. The number of carbonyl (C=O) groups excluding carboxylic acids is 2. The van der Waals surface area contributed by atoms with Gasteiger partial charge in [-0.15, -0.1) is 0 Å². The predicted molar refractivity (Wildman–Crippen MR) is 91.3 cm³/mol. The molecule has 2 aromatic rings. The van der Waals surface area contributed by atoms with Crippen molar-refractivity contribution in [1.82, 2.24) is 10.4 Å². The molecule has 0 aromatic heterocycles. The fourth-order valence-electron chi connectivity index (χ4n) is 2.31. The van der Waals surface area contributed by atoms with Crippen LogP contribution in [0.2, 0.25) is 0 Å². The van der Waals surface area contributed by atoms with Crippen LogP contribution in [0.25, 0.3) is 0 Å². The van der Waals surface area contributed by atoms with Crippen LogP contribution < -0.4 is 16.0 Å². The van der Waals surface area contributed by atoms with Gasteiger partial charge in [-0.3, -0.25) is 14.8 Å². The molecule has 132 valence electrons. The summed E-state index contributed by atoms with van der Waals surface area (Å²) >= 11 is 0. The number of benzene rings is 2. The van der Waals surface area contributed by atoms with Crippen LogP contribution in [0.4, 0.5) is 0 Å². The van der Waals surface area contributed by atoms with Crippen LogP contribution >= 0.6 is 0 Å². The number of likely N-dealkylation sites (N-methyl/N-ethyl adjacent to an activating group) is 1. The highest BCUT2D eigenvalue weighted by atomic mass is 16.5. The second kappa shape index (κ2) is 8.27. The fraction of sp³-hybridized carbons (Fsp3) is 0.222. The van der Waals surface area contributed by atoms with Crippen molar-refractivity contribution in [1.29, 1.82) is 0 Å². The van der Waals surface area contributed by atoms with E-state index >= 15 is 0 Å². The molecule has 0 fully saturated rings. The molecule has 0 aliphatic rings. The Bertz CT molecular complexity index is 727. The molecule has 0 bridgehead atoms. The number of nitrogens with zero attached hydrogens (tertiary/aromatic N) is 1. The van der Waals surface area contributed by atoms with Gasteiger partial charge >= 0.3 is 0 Å². The summed E-state index contributed by atoms with van der Waals surface area (Å²) in [4.78, 5) is 24.6. The first-order chi connectivity index (χ1) is 11.9. The van der Waals surface area contributed by atoms with E-state index in [1.165, 1.54) is 4.90 Å². The number of rotatable bonds is 6. The summed E-state index contributed by atoms with van der Waals surface area (Å²) in [5.41, 5.74) is 6.80. The minimum absolute atomic E-state index is 0.00710. The number of ether oxygens (including phenoxy) is 1. The number of nitrogens with one attached hydrogen (secondary N) is 1. The van der Waals surface area contributed by atoms with Crippen LogP contribution in [0.1, 0.15) is 15.9 Å². The van der Waals surface area contributed by atoms with Crippen LogP contribution in [-0.2, 0) is 11.2 Å². The maximum absolute atomic E-state index is 11.8. The molecule has 2 aromatic carbocycles. The van der Waals surface area contributed by atoms with Gasteiger partial charge in [-0.05, 0) is 42.0 Å². The highest BCUT2D eigenvalue weighted by Crippen LogP contribution is 2.22. The molecule has 0 radical (unpaired) electrons. The van der Waals surface area contributed by atoms with Crippen LogP contribution in [0.3, 0.4) is 0 Å². The maximum Gasteiger partial charge on any atom is 0.280 e. The molecule has 2 amide bonds. The van der Waals surface area contributed by atoms with Gasteiger partial charge in [0.25, 0.3) is 11.8 Å². The lowest BCUT2D eigenvalue weighted by Gasteiger charge is -2.14. The Balaban J connectivity index is 1.98. The van der Waals surface area contributed by atoms with Crippen LogP contribution in [0.5, 0.6) is 11.5 Å². The number of carbonyl (C=O) groups is 2. The standard InChI is InChI=1S/C18H21N3O4/c1-21(2)18(23)16(19)11-12-3-7-14(8-4-12)25-15-9-5-13(6-10-15)17(22)20-24/h3-10,16,24H,11,19H2,1-2H3,(H,20,22)/p+1/t16-/m0/s1. The largest absolute Gasteiger partial charge is 0.457 e. The Kier molecular flexibility index (Phi) is 6.10. The molecule has 0 aliphatic heterocycles. The van der Waals surface area contributed by atoms with Gasteiger partial charge in [0.05, 0.1) is 0 Å². The van der Waals surface area contributed by atoms with E-state index in [9.17, 15) is 9.59 Å². The average molecular weight is 344 g/mol. The molecule has 1 atom stereocenters. The van der Waals surface area contributed by atoms with Gasteiger partial charge in [0.1, 0.15) is 11.5 Å². The second-order valence-corrected chi connectivity index (χ2v) is 5.85. The zero-order chi connectivity index (χ0) is 18.4. The Morgan fingerprint density at radius 2 is 1.60 bits per heavy atom. The highest BCUT2D eigenvalue weighted by molar-refractivity contribution is 5.93. The van der Waals surface area contributed by atoms with E-state index in [0.717, 1.165) is 5.56 Å². The molecule has 0 saturated carbocycles. The van der Waals surface area contributed by atoms with Crippen molar-refractivity contribution >= 4 is 11.8 Å². The number of hydroxylamine groups is 1. The van der Waals surface area contributed by atoms with Crippen LogP contribution in [0, 0.1) is 0 Å². The van der Waals surface area contributed by atoms with Gasteiger partial charge in [0.15, 0.2) is 6.04 Å². The molecule has 0 heterocycles. The fourth-order valence-corrected chi connectivity index (χ4v) is 2.31. The number of quaternary nitrogens is 1. The number of amides is 2. The van der Waals surface area contributed by atoms with Gasteiger partial charge < -0.3 is 15.4 Å². The number of hydrogen-bond donors (Lipinski definition) is 3. The normalized spacial score (nSPS) is 11.5. The summed E-state index contributed by atoms with van der Waals surface area (Å²) in [6.45, 7) is 0.